The molecule has 0 amide bonds. The number of aryl methyl sites for hydroxylation is 2. The summed E-state index contributed by atoms with van der Waals surface area (Å²) < 4.78 is 0. The zero-order chi connectivity index (χ0) is 11.3. The highest BCUT2D eigenvalue weighted by Gasteiger charge is 2.09. The quantitative estimate of drug-likeness (QED) is 0.659. The van der Waals surface area contributed by atoms with Gasteiger partial charge in [-0.05, 0) is 41.9 Å². The second kappa shape index (κ2) is 5.95. The number of rotatable bonds is 5. The molecule has 1 aromatic carbocycles. The van der Waals surface area contributed by atoms with Gasteiger partial charge in [-0.2, -0.15) is 0 Å². The second-order valence-electron chi connectivity index (χ2n) is 4.17. The van der Waals surface area contributed by atoms with E-state index in [1.807, 2.05) is 0 Å². The minimum atomic E-state index is 0.593. The Kier molecular flexibility index (Phi) is 4.87. The molecule has 83 valence electrons. The van der Waals surface area contributed by atoms with Gasteiger partial charge in [0.25, 0.3) is 0 Å². The zero-order valence-corrected chi connectivity index (χ0v) is 10.5. The molecule has 15 heavy (non-hydrogen) atoms. The van der Waals surface area contributed by atoms with E-state index < -0.39 is 0 Å². The van der Waals surface area contributed by atoms with Crippen LogP contribution in [0.2, 0.25) is 0 Å². The summed E-state index contributed by atoms with van der Waals surface area (Å²) >= 11 is 0. The normalized spacial score (nSPS) is 12.8. The third-order valence-corrected chi connectivity index (χ3v) is 3.08. The lowest BCUT2D eigenvalue weighted by molar-refractivity contribution is 0.813. The molecule has 1 aromatic rings. The molecule has 0 aliphatic rings. The van der Waals surface area contributed by atoms with E-state index >= 15 is 0 Å². The van der Waals surface area contributed by atoms with Gasteiger partial charge in [-0.3, -0.25) is 0 Å². The predicted molar refractivity (Wildman–Crippen MR) is 68.2 cm³/mol. The van der Waals surface area contributed by atoms with Crippen molar-refractivity contribution in [3.63, 3.8) is 0 Å². The Morgan fingerprint density at radius 2 is 1.87 bits per heavy atom. The summed E-state index contributed by atoms with van der Waals surface area (Å²) in [7, 11) is 0. The molecule has 1 radical (unpaired) electrons. The maximum Gasteiger partial charge on any atom is -0.0157 e. The Morgan fingerprint density at radius 3 is 2.40 bits per heavy atom. The Hall–Kier alpha value is -0.780. The Bertz CT molecular complexity index is 299. The van der Waals surface area contributed by atoms with Crippen LogP contribution in [0.25, 0.3) is 0 Å². The van der Waals surface area contributed by atoms with Gasteiger partial charge in [0.15, 0.2) is 0 Å². The molecule has 1 rings (SSSR count). The molecular weight excluding hydrogens is 180 g/mol. The van der Waals surface area contributed by atoms with Gasteiger partial charge in [0.05, 0.1) is 0 Å². The molecule has 0 aliphatic carbocycles. The van der Waals surface area contributed by atoms with Crippen molar-refractivity contribution in [2.24, 2.45) is 0 Å². The summed E-state index contributed by atoms with van der Waals surface area (Å²) in [5, 5.41) is 0. The fourth-order valence-electron chi connectivity index (χ4n) is 2.11. The van der Waals surface area contributed by atoms with Gasteiger partial charge in [-0.25, -0.2) is 0 Å². The van der Waals surface area contributed by atoms with E-state index in [9.17, 15) is 0 Å². The average molecular weight is 203 g/mol. The van der Waals surface area contributed by atoms with Gasteiger partial charge in [0, 0.05) is 0 Å². The molecule has 0 saturated carbocycles. The number of hydrogen-bond acceptors (Lipinski definition) is 0. The topological polar surface area (TPSA) is 0 Å². The monoisotopic (exact) mass is 203 g/mol. The van der Waals surface area contributed by atoms with Gasteiger partial charge >= 0.3 is 0 Å². The van der Waals surface area contributed by atoms with Crippen molar-refractivity contribution in [2.75, 3.05) is 0 Å². The molecule has 0 saturated heterocycles. The van der Waals surface area contributed by atoms with Crippen LogP contribution in [0, 0.1) is 6.42 Å². The lowest BCUT2D eigenvalue weighted by Gasteiger charge is -2.16. The van der Waals surface area contributed by atoms with Crippen molar-refractivity contribution >= 4 is 0 Å². The second-order valence-corrected chi connectivity index (χ2v) is 4.17. The van der Waals surface area contributed by atoms with Crippen molar-refractivity contribution in [3.05, 3.63) is 41.3 Å². The van der Waals surface area contributed by atoms with Crippen LogP contribution in [0.5, 0.6) is 0 Å². The largest absolute Gasteiger partial charge is 0.0651 e. The highest BCUT2D eigenvalue weighted by Crippen LogP contribution is 2.25. The SMILES string of the molecule is CC[CH][C@H](C)c1ccc(CC)cc1CC. The first kappa shape index (κ1) is 12.3. The van der Waals surface area contributed by atoms with E-state index in [1.165, 1.54) is 16.7 Å². The van der Waals surface area contributed by atoms with Gasteiger partial charge in [0.2, 0.25) is 0 Å². The summed E-state index contributed by atoms with van der Waals surface area (Å²) in [4.78, 5) is 0. The molecule has 0 unspecified atom stereocenters. The van der Waals surface area contributed by atoms with Crippen LogP contribution < -0.4 is 0 Å². The summed E-state index contributed by atoms with van der Waals surface area (Å²) in [6.07, 6.45) is 5.82. The van der Waals surface area contributed by atoms with Gasteiger partial charge in [0.1, 0.15) is 0 Å². The fourth-order valence-corrected chi connectivity index (χ4v) is 2.11. The van der Waals surface area contributed by atoms with E-state index in [0.717, 1.165) is 19.3 Å². The van der Waals surface area contributed by atoms with E-state index in [4.69, 9.17) is 0 Å². The molecule has 0 aliphatic heterocycles. The maximum absolute atomic E-state index is 2.39. The fraction of sp³-hybridized carbons (Fsp3) is 0.533. The summed E-state index contributed by atoms with van der Waals surface area (Å²) in [6, 6.07) is 6.96. The van der Waals surface area contributed by atoms with E-state index in [1.54, 1.807) is 0 Å². The maximum atomic E-state index is 2.39. The standard InChI is InChI=1S/C15H23/c1-5-8-12(4)15-10-9-13(6-2)11-14(15)7-3/h8-12H,5-7H2,1-4H3/t12-/m0/s1. The average Bonchev–Trinajstić information content (AvgIpc) is 2.28. The molecule has 0 fully saturated rings. The minimum absolute atomic E-state index is 0.593. The van der Waals surface area contributed by atoms with Gasteiger partial charge in [-0.15, -0.1) is 0 Å². The lowest BCUT2D eigenvalue weighted by atomic mass is 9.89. The Labute approximate surface area is 94.7 Å². The first-order chi connectivity index (χ1) is 7.22. The molecule has 0 heteroatoms. The first-order valence-electron chi connectivity index (χ1n) is 6.17. The molecule has 0 spiro atoms. The van der Waals surface area contributed by atoms with Crippen molar-refractivity contribution in [3.8, 4) is 0 Å². The third kappa shape index (κ3) is 3.09. The van der Waals surface area contributed by atoms with E-state index in [-0.39, 0.29) is 0 Å². The highest BCUT2D eigenvalue weighted by molar-refractivity contribution is 5.35. The molecule has 0 nitrogen and oxygen atoms in total. The van der Waals surface area contributed by atoms with Crippen LogP contribution in [0.4, 0.5) is 0 Å². The van der Waals surface area contributed by atoms with Gasteiger partial charge < -0.3 is 0 Å². The molecular formula is C15H23. The predicted octanol–water partition coefficient (Wildman–Crippen LogP) is 4.53. The molecule has 1 atom stereocenters. The van der Waals surface area contributed by atoms with Crippen LogP contribution in [-0.2, 0) is 12.8 Å². The minimum Gasteiger partial charge on any atom is -0.0651 e. The van der Waals surface area contributed by atoms with Crippen molar-refractivity contribution < 1.29 is 0 Å². The molecule has 0 bridgehead atoms. The first-order valence-corrected chi connectivity index (χ1v) is 6.17. The van der Waals surface area contributed by atoms with Crippen LogP contribution in [-0.4, -0.2) is 0 Å². The molecule has 0 heterocycles. The number of benzene rings is 1. The van der Waals surface area contributed by atoms with Crippen molar-refractivity contribution in [1.29, 1.82) is 0 Å². The summed E-state index contributed by atoms with van der Waals surface area (Å²) in [6.45, 7) is 8.97. The molecule has 0 N–H and O–H groups in total. The van der Waals surface area contributed by atoms with Crippen molar-refractivity contribution in [2.45, 2.75) is 52.9 Å². The van der Waals surface area contributed by atoms with E-state index in [2.05, 4.69) is 52.3 Å². The van der Waals surface area contributed by atoms with E-state index in [0.29, 0.717) is 5.92 Å². The van der Waals surface area contributed by atoms with Crippen LogP contribution >= 0.6 is 0 Å². The zero-order valence-electron chi connectivity index (χ0n) is 10.5. The number of hydrogen-bond donors (Lipinski definition) is 0. The smallest absolute Gasteiger partial charge is 0.0157 e. The van der Waals surface area contributed by atoms with Crippen LogP contribution in [0.3, 0.4) is 0 Å². The lowest BCUT2D eigenvalue weighted by Crippen LogP contribution is -2.00. The van der Waals surface area contributed by atoms with Crippen LogP contribution in [0.1, 0.15) is 56.7 Å². The summed E-state index contributed by atoms with van der Waals surface area (Å²) in [5.41, 5.74) is 4.49. The summed E-state index contributed by atoms with van der Waals surface area (Å²) in [5.74, 6) is 0.593. The molecule has 0 aromatic heterocycles. The third-order valence-electron chi connectivity index (χ3n) is 3.08. The van der Waals surface area contributed by atoms with Crippen molar-refractivity contribution in [1.82, 2.24) is 0 Å². The van der Waals surface area contributed by atoms with Crippen LogP contribution in [0.15, 0.2) is 18.2 Å². The Morgan fingerprint density at radius 1 is 1.13 bits per heavy atom. The highest BCUT2D eigenvalue weighted by atomic mass is 14.1. The Balaban J connectivity index is 2.96. The van der Waals surface area contributed by atoms with Gasteiger partial charge in [-0.1, -0.05) is 52.3 Å².